The number of amides is 5. The van der Waals surface area contributed by atoms with E-state index < -0.39 is 30.3 Å². The first-order valence-electron chi connectivity index (χ1n) is 8.29. The average Bonchev–Trinajstić information content (AvgIpc) is 3.18. The number of imide groups is 2. The molecule has 0 radical (unpaired) electrons. The molecule has 1 aromatic carbocycles. The number of carbonyl (C=O) groups excluding carboxylic acids is 4. The van der Waals surface area contributed by atoms with Gasteiger partial charge in [0.1, 0.15) is 6.54 Å². The predicted octanol–water partition coefficient (Wildman–Crippen LogP) is 0.575. The SMILES string of the molecule is CCN(Cc1ccc2c(c1)OCO2)C(=O)CN1C(=O)C(=O)N(CC)C1=O. The summed E-state index contributed by atoms with van der Waals surface area (Å²) in [5.41, 5.74) is 0.829. The van der Waals surface area contributed by atoms with Gasteiger partial charge in [-0.2, -0.15) is 0 Å². The van der Waals surface area contributed by atoms with Gasteiger partial charge in [-0.15, -0.1) is 0 Å². The molecule has 26 heavy (non-hydrogen) atoms. The topological polar surface area (TPSA) is 96.5 Å². The first-order chi connectivity index (χ1) is 12.5. The maximum absolute atomic E-state index is 12.6. The zero-order valence-corrected chi connectivity index (χ0v) is 14.6. The maximum Gasteiger partial charge on any atom is 0.334 e. The highest BCUT2D eigenvalue weighted by Crippen LogP contribution is 2.32. The number of hydrogen-bond acceptors (Lipinski definition) is 6. The largest absolute Gasteiger partial charge is 0.454 e. The third-order valence-electron chi connectivity index (χ3n) is 4.29. The third kappa shape index (κ3) is 3.07. The van der Waals surface area contributed by atoms with Crippen LogP contribution in [0.15, 0.2) is 18.2 Å². The number of urea groups is 1. The Kier molecular flexibility index (Phi) is 4.79. The van der Waals surface area contributed by atoms with Crippen LogP contribution in [0.3, 0.4) is 0 Å². The van der Waals surface area contributed by atoms with Crippen LogP contribution in [0.5, 0.6) is 11.5 Å². The van der Waals surface area contributed by atoms with Gasteiger partial charge in [0.15, 0.2) is 11.5 Å². The standard InChI is InChI=1S/C17H19N3O6/c1-3-18(8-11-5-6-12-13(7-11)26-10-25-12)14(21)9-20-16(23)15(22)19(4-2)17(20)24/h5-7H,3-4,8-10H2,1-2H3. The van der Waals surface area contributed by atoms with E-state index >= 15 is 0 Å². The van der Waals surface area contributed by atoms with E-state index in [1.54, 1.807) is 26.0 Å². The number of likely N-dealkylation sites (N-methyl/N-ethyl adjacent to an activating group) is 2. The second kappa shape index (κ2) is 7.03. The summed E-state index contributed by atoms with van der Waals surface area (Å²) in [6, 6.07) is 4.61. The van der Waals surface area contributed by atoms with Gasteiger partial charge >= 0.3 is 17.8 Å². The molecular formula is C17H19N3O6. The van der Waals surface area contributed by atoms with Crippen LogP contribution >= 0.6 is 0 Å². The quantitative estimate of drug-likeness (QED) is 0.543. The number of hydrogen-bond donors (Lipinski definition) is 0. The Labute approximate surface area is 150 Å². The zero-order chi connectivity index (χ0) is 18.8. The first kappa shape index (κ1) is 17.7. The molecule has 1 fully saturated rings. The molecule has 0 N–H and O–H groups in total. The molecule has 9 nitrogen and oxygen atoms in total. The molecule has 1 aromatic rings. The van der Waals surface area contributed by atoms with Crippen molar-refractivity contribution in [2.24, 2.45) is 0 Å². The van der Waals surface area contributed by atoms with Crippen molar-refractivity contribution in [2.45, 2.75) is 20.4 Å². The fourth-order valence-corrected chi connectivity index (χ4v) is 2.84. The summed E-state index contributed by atoms with van der Waals surface area (Å²) in [4.78, 5) is 51.3. The molecule has 2 aliphatic rings. The van der Waals surface area contributed by atoms with Gasteiger partial charge in [0.2, 0.25) is 12.7 Å². The fourth-order valence-electron chi connectivity index (χ4n) is 2.84. The Morgan fingerprint density at radius 1 is 1.08 bits per heavy atom. The van der Waals surface area contributed by atoms with Crippen LogP contribution in [-0.2, 0) is 20.9 Å². The summed E-state index contributed by atoms with van der Waals surface area (Å²) in [5.74, 6) is -1.03. The van der Waals surface area contributed by atoms with Gasteiger partial charge in [0.05, 0.1) is 0 Å². The second-order valence-electron chi connectivity index (χ2n) is 5.82. The Hall–Kier alpha value is -3.10. The van der Waals surface area contributed by atoms with Crippen LogP contribution < -0.4 is 9.47 Å². The summed E-state index contributed by atoms with van der Waals surface area (Å²) in [5, 5.41) is 0. The lowest BCUT2D eigenvalue weighted by atomic mass is 10.2. The van der Waals surface area contributed by atoms with E-state index in [2.05, 4.69) is 0 Å². The highest BCUT2D eigenvalue weighted by Gasteiger charge is 2.44. The summed E-state index contributed by atoms with van der Waals surface area (Å²) < 4.78 is 10.6. The predicted molar refractivity (Wildman–Crippen MR) is 88.2 cm³/mol. The molecule has 0 aromatic heterocycles. The molecule has 0 aliphatic carbocycles. The number of ether oxygens (including phenoxy) is 2. The number of fused-ring (bicyclic) bond motifs is 1. The highest BCUT2D eigenvalue weighted by molar-refractivity contribution is 6.45. The highest BCUT2D eigenvalue weighted by atomic mass is 16.7. The van der Waals surface area contributed by atoms with Gasteiger partial charge in [0, 0.05) is 19.6 Å². The van der Waals surface area contributed by atoms with Gasteiger partial charge in [-0.3, -0.25) is 19.3 Å². The smallest absolute Gasteiger partial charge is 0.334 e. The molecule has 1 saturated heterocycles. The van der Waals surface area contributed by atoms with Crippen LogP contribution in [-0.4, -0.2) is 64.9 Å². The van der Waals surface area contributed by atoms with E-state index in [1.165, 1.54) is 4.90 Å². The minimum Gasteiger partial charge on any atom is -0.454 e. The monoisotopic (exact) mass is 361 g/mol. The molecule has 3 rings (SSSR count). The minimum atomic E-state index is -0.968. The van der Waals surface area contributed by atoms with Crippen LogP contribution in [0, 0.1) is 0 Å². The van der Waals surface area contributed by atoms with E-state index in [-0.39, 0.29) is 19.9 Å². The van der Waals surface area contributed by atoms with Gasteiger partial charge in [-0.25, -0.2) is 9.69 Å². The Morgan fingerprint density at radius 2 is 1.77 bits per heavy atom. The van der Waals surface area contributed by atoms with Crippen LogP contribution in [0.4, 0.5) is 4.79 Å². The molecule has 9 heteroatoms. The first-order valence-corrected chi connectivity index (χ1v) is 8.29. The molecule has 0 unspecified atom stereocenters. The van der Waals surface area contributed by atoms with Crippen molar-refractivity contribution in [3.8, 4) is 11.5 Å². The number of nitrogens with zero attached hydrogens (tertiary/aromatic N) is 3. The molecule has 0 atom stereocenters. The summed E-state index contributed by atoms with van der Waals surface area (Å²) in [7, 11) is 0. The minimum absolute atomic E-state index is 0.0861. The van der Waals surface area contributed by atoms with Gasteiger partial charge in [-0.05, 0) is 31.5 Å². The van der Waals surface area contributed by atoms with Crippen molar-refractivity contribution in [3.05, 3.63) is 23.8 Å². The Bertz CT molecular complexity index is 778. The molecule has 2 aliphatic heterocycles. The van der Waals surface area contributed by atoms with Gasteiger partial charge < -0.3 is 14.4 Å². The molecule has 0 saturated carbocycles. The molecule has 138 valence electrons. The van der Waals surface area contributed by atoms with E-state index in [1.807, 2.05) is 6.07 Å². The normalized spacial score (nSPS) is 15.8. The van der Waals surface area contributed by atoms with Gasteiger partial charge in [-0.1, -0.05) is 6.07 Å². The summed E-state index contributed by atoms with van der Waals surface area (Å²) >= 11 is 0. The third-order valence-corrected chi connectivity index (χ3v) is 4.29. The Morgan fingerprint density at radius 3 is 2.42 bits per heavy atom. The number of benzene rings is 1. The number of carbonyl (C=O) groups is 4. The van der Waals surface area contributed by atoms with E-state index in [0.29, 0.717) is 22.9 Å². The van der Waals surface area contributed by atoms with Crippen molar-refractivity contribution >= 4 is 23.8 Å². The Balaban J connectivity index is 1.68. The van der Waals surface area contributed by atoms with Crippen molar-refractivity contribution in [1.29, 1.82) is 0 Å². The average molecular weight is 361 g/mol. The summed E-state index contributed by atoms with van der Waals surface area (Å²) in [6.45, 7) is 3.84. The lowest BCUT2D eigenvalue weighted by molar-refractivity contribution is -0.144. The zero-order valence-electron chi connectivity index (χ0n) is 14.6. The molecule has 0 spiro atoms. The molecule has 5 amide bonds. The lowest BCUT2D eigenvalue weighted by Crippen LogP contribution is -2.43. The second-order valence-corrected chi connectivity index (χ2v) is 5.82. The van der Waals surface area contributed by atoms with Crippen molar-refractivity contribution in [1.82, 2.24) is 14.7 Å². The van der Waals surface area contributed by atoms with Crippen LogP contribution in [0.2, 0.25) is 0 Å². The maximum atomic E-state index is 12.6. The van der Waals surface area contributed by atoms with E-state index in [4.69, 9.17) is 9.47 Å². The number of rotatable bonds is 6. The molecule has 0 bridgehead atoms. The van der Waals surface area contributed by atoms with Crippen molar-refractivity contribution in [3.63, 3.8) is 0 Å². The van der Waals surface area contributed by atoms with Crippen LogP contribution in [0.1, 0.15) is 19.4 Å². The fraction of sp³-hybridized carbons (Fsp3) is 0.412. The molecule has 2 heterocycles. The van der Waals surface area contributed by atoms with Gasteiger partial charge in [0.25, 0.3) is 0 Å². The van der Waals surface area contributed by atoms with E-state index in [0.717, 1.165) is 10.5 Å². The summed E-state index contributed by atoms with van der Waals surface area (Å²) in [6.07, 6.45) is 0. The molecular weight excluding hydrogens is 342 g/mol. The van der Waals surface area contributed by atoms with Crippen molar-refractivity contribution in [2.75, 3.05) is 26.4 Å². The lowest BCUT2D eigenvalue weighted by Gasteiger charge is -2.23. The van der Waals surface area contributed by atoms with Crippen molar-refractivity contribution < 1.29 is 28.7 Å². The van der Waals surface area contributed by atoms with Crippen LogP contribution in [0.25, 0.3) is 0 Å². The van der Waals surface area contributed by atoms with E-state index in [9.17, 15) is 19.2 Å².